The van der Waals surface area contributed by atoms with Gasteiger partial charge in [0, 0.05) is 13.2 Å². The monoisotopic (exact) mass is 438 g/mol. The van der Waals surface area contributed by atoms with Crippen LogP contribution in [0.25, 0.3) is 16.9 Å². The van der Waals surface area contributed by atoms with Crippen molar-refractivity contribution in [2.75, 3.05) is 6.61 Å². The first-order chi connectivity index (χ1) is 15.5. The van der Waals surface area contributed by atoms with E-state index < -0.39 is 17.1 Å². The van der Waals surface area contributed by atoms with Crippen LogP contribution in [-0.2, 0) is 17.8 Å². The Hall–Kier alpha value is -3.59. The van der Waals surface area contributed by atoms with Crippen molar-refractivity contribution >= 4 is 11.2 Å². The number of rotatable bonds is 5. The molecule has 0 amide bonds. The third kappa shape index (κ3) is 3.64. The van der Waals surface area contributed by atoms with Crippen LogP contribution >= 0.6 is 0 Å². The normalized spacial score (nSPS) is 16.1. The highest BCUT2D eigenvalue weighted by Crippen LogP contribution is 2.17. The summed E-state index contributed by atoms with van der Waals surface area (Å²) in [5.41, 5.74) is 0.337. The molecule has 0 N–H and O–H groups in total. The maximum absolute atomic E-state index is 13.7. The number of halogens is 2. The molecule has 0 spiro atoms. The molecule has 0 radical (unpaired) electrons. The van der Waals surface area contributed by atoms with E-state index in [0.717, 1.165) is 17.4 Å². The molecule has 0 aliphatic carbocycles. The predicted octanol–water partition coefficient (Wildman–Crippen LogP) is 2.85. The zero-order valence-electron chi connectivity index (χ0n) is 17.1. The van der Waals surface area contributed by atoms with Gasteiger partial charge in [0.05, 0.1) is 24.7 Å². The number of benzene rings is 2. The molecule has 1 aliphatic rings. The van der Waals surface area contributed by atoms with Crippen LogP contribution in [0.4, 0.5) is 8.78 Å². The molecule has 1 saturated heterocycles. The molecule has 1 atom stereocenters. The van der Waals surface area contributed by atoms with Gasteiger partial charge in [0.2, 0.25) is 0 Å². The second kappa shape index (κ2) is 8.16. The van der Waals surface area contributed by atoms with E-state index in [0.29, 0.717) is 17.9 Å². The Morgan fingerprint density at radius 1 is 1.06 bits per heavy atom. The van der Waals surface area contributed by atoms with Crippen LogP contribution in [0.15, 0.2) is 64.4 Å². The molecule has 7 nitrogen and oxygen atoms in total. The van der Waals surface area contributed by atoms with E-state index in [1.807, 2.05) is 0 Å². The van der Waals surface area contributed by atoms with Crippen LogP contribution in [-0.4, -0.2) is 31.4 Å². The zero-order valence-corrected chi connectivity index (χ0v) is 17.1. The van der Waals surface area contributed by atoms with Crippen LogP contribution in [0.5, 0.6) is 0 Å². The maximum atomic E-state index is 13.7. The first-order valence-corrected chi connectivity index (χ1v) is 10.3. The van der Waals surface area contributed by atoms with Crippen molar-refractivity contribution in [3.63, 3.8) is 0 Å². The second-order valence-corrected chi connectivity index (χ2v) is 7.82. The molecule has 2 aromatic heterocycles. The largest absolute Gasteiger partial charge is 0.376 e. The van der Waals surface area contributed by atoms with Crippen LogP contribution in [0, 0.1) is 11.6 Å². The van der Waals surface area contributed by atoms with Crippen molar-refractivity contribution in [1.82, 2.24) is 18.7 Å². The van der Waals surface area contributed by atoms with E-state index in [4.69, 9.17) is 4.74 Å². The van der Waals surface area contributed by atoms with Gasteiger partial charge in [0.15, 0.2) is 11.2 Å². The Morgan fingerprint density at radius 3 is 2.59 bits per heavy atom. The molecule has 164 valence electrons. The topological polar surface area (TPSA) is 71.0 Å². The van der Waals surface area contributed by atoms with Crippen LogP contribution in [0.3, 0.4) is 0 Å². The van der Waals surface area contributed by atoms with Gasteiger partial charge < -0.3 is 9.30 Å². The molecule has 3 heterocycles. The molecule has 1 fully saturated rings. The summed E-state index contributed by atoms with van der Waals surface area (Å²) in [5.74, 6) is -0.826. The van der Waals surface area contributed by atoms with E-state index in [2.05, 4.69) is 4.98 Å². The van der Waals surface area contributed by atoms with Crippen LogP contribution in [0.2, 0.25) is 0 Å². The van der Waals surface area contributed by atoms with Gasteiger partial charge in [0.1, 0.15) is 11.6 Å². The summed E-state index contributed by atoms with van der Waals surface area (Å²) in [6.45, 7) is 0.899. The number of imidazole rings is 1. The van der Waals surface area contributed by atoms with Crippen molar-refractivity contribution in [2.24, 2.45) is 0 Å². The Labute approximate surface area is 181 Å². The standard InChI is InChI=1S/C23H20F2N4O3/c24-16-6-8-18(9-7-16)29-21-20(22(30)28(23(29)31)13-19-5-2-10-32-19)27(14-26-21)12-15-3-1-4-17(25)11-15/h1,3-4,6-9,11,14,19H,2,5,10,12-13H2. The number of ether oxygens (including phenoxy) is 1. The summed E-state index contributed by atoms with van der Waals surface area (Å²) < 4.78 is 36.8. The van der Waals surface area contributed by atoms with E-state index in [1.54, 1.807) is 16.7 Å². The molecule has 5 rings (SSSR count). The fourth-order valence-electron chi connectivity index (χ4n) is 4.11. The smallest absolute Gasteiger partial charge is 0.337 e. The lowest BCUT2D eigenvalue weighted by atomic mass is 10.2. The first-order valence-electron chi connectivity index (χ1n) is 10.3. The maximum Gasteiger partial charge on any atom is 0.337 e. The molecule has 1 aliphatic heterocycles. The van der Waals surface area contributed by atoms with Gasteiger partial charge in [-0.3, -0.25) is 9.36 Å². The summed E-state index contributed by atoms with van der Waals surface area (Å²) >= 11 is 0. The summed E-state index contributed by atoms with van der Waals surface area (Å²) in [7, 11) is 0. The van der Waals surface area contributed by atoms with Gasteiger partial charge in [-0.05, 0) is 54.8 Å². The Morgan fingerprint density at radius 2 is 1.88 bits per heavy atom. The molecule has 32 heavy (non-hydrogen) atoms. The van der Waals surface area contributed by atoms with Gasteiger partial charge in [-0.15, -0.1) is 0 Å². The van der Waals surface area contributed by atoms with Gasteiger partial charge in [-0.2, -0.15) is 0 Å². The van der Waals surface area contributed by atoms with E-state index >= 15 is 0 Å². The molecule has 1 unspecified atom stereocenters. The van der Waals surface area contributed by atoms with Crippen molar-refractivity contribution in [1.29, 1.82) is 0 Å². The van der Waals surface area contributed by atoms with E-state index in [1.165, 1.54) is 47.3 Å². The Kier molecular flexibility index (Phi) is 5.18. The third-order valence-corrected chi connectivity index (χ3v) is 5.64. The van der Waals surface area contributed by atoms with Gasteiger partial charge in [0.25, 0.3) is 5.56 Å². The minimum atomic E-state index is -0.569. The number of nitrogens with zero attached hydrogens (tertiary/aromatic N) is 4. The summed E-state index contributed by atoms with van der Waals surface area (Å²) in [5, 5.41) is 0. The van der Waals surface area contributed by atoms with E-state index in [-0.39, 0.29) is 36.2 Å². The van der Waals surface area contributed by atoms with Gasteiger partial charge >= 0.3 is 5.69 Å². The predicted molar refractivity (Wildman–Crippen MR) is 114 cm³/mol. The zero-order chi connectivity index (χ0) is 22.2. The van der Waals surface area contributed by atoms with Crippen LogP contribution < -0.4 is 11.2 Å². The van der Waals surface area contributed by atoms with Crippen molar-refractivity contribution in [3.05, 3.63) is 92.9 Å². The molecule has 4 aromatic rings. The lowest BCUT2D eigenvalue weighted by Gasteiger charge is -2.15. The number of aromatic nitrogens is 4. The second-order valence-electron chi connectivity index (χ2n) is 7.82. The number of hydrogen-bond acceptors (Lipinski definition) is 4. The summed E-state index contributed by atoms with van der Waals surface area (Å²) in [6.07, 6.45) is 2.83. The minimum Gasteiger partial charge on any atom is -0.376 e. The SMILES string of the molecule is O=c1c2c(ncn2Cc2cccc(F)c2)n(-c2ccc(F)cc2)c(=O)n1CC1CCCO1. The quantitative estimate of drug-likeness (QED) is 0.481. The van der Waals surface area contributed by atoms with Crippen molar-refractivity contribution in [3.8, 4) is 5.69 Å². The highest BCUT2D eigenvalue weighted by Gasteiger charge is 2.23. The first kappa shape index (κ1) is 20.3. The Bertz CT molecular complexity index is 1400. The fraction of sp³-hybridized carbons (Fsp3) is 0.261. The molecular weight excluding hydrogens is 418 g/mol. The Balaban J connectivity index is 1.72. The molecule has 0 saturated carbocycles. The molecule has 0 bridgehead atoms. The minimum absolute atomic E-state index is 0.111. The summed E-state index contributed by atoms with van der Waals surface area (Å²) in [6, 6.07) is 11.5. The van der Waals surface area contributed by atoms with Crippen LogP contribution in [0.1, 0.15) is 18.4 Å². The average Bonchev–Trinajstić information content (AvgIpc) is 3.43. The highest BCUT2D eigenvalue weighted by atomic mass is 19.1. The lowest BCUT2D eigenvalue weighted by molar-refractivity contribution is 0.0950. The number of fused-ring (bicyclic) bond motifs is 1. The third-order valence-electron chi connectivity index (χ3n) is 5.64. The van der Waals surface area contributed by atoms with Gasteiger partial charge in [-0.1, -0.05) is 12.1 Å². The highest BCUT2D eigenvalue weighted by molar-refractivity contribution is 5.72. The van der Waals surface area contributed by atoms with E-state index in [9.17, 15) is 18.4 Å². The molecular formula is C23H20F2N4O3. The summed E-state index contributed by atoms with van der Waals surface area (Å²) in [4.78, 5) is 31.1. The number of hydrogen-bond donors (Lipinski definition) is 0. The van der Waals surface area contributed by atoms with Gasteiger partial charge in [-0.25, -0.2) is 23.1 Å². The van der Waals surface area contributed by atoms with Crippen molar-refractivity contribution in [2.45, 2.75) is 32.0 Å². The fourth-order valence-corrected chi connectivity index (χ4v) is 4.11. The lowest BCUT2D eigenvalue weighted by Crippen LogP contribution is -2.42. The van der Waals surface area contributed by atoms with Crippen molar-refractivity contribution < 1.29 is 13.5 Å². The average molecular weight is 438 g/mol. The molecule has 9 heteroatoms. The molecule has 2 aromatic carbocycles.